The fraction of sp³-hybridized carbons (Fsp3) is 0.267. The third kappa shape index (κ3) is 2.81. The molecule has 1 aromatic heterocycles. The Morgan fingerprint density at radius 1 is 1.00 bits per heavy atom. The van der Waals surface area contributed by atoms with Crippen molar-refractivity contribution >= 4 is 29.1 Å². The van der Waals surface area contributed by atoms with Crippen LogP contribution in [0.4, 0.5) is 10.1 Å². The van der Waals surface area contributed by atoms with Gasteiger partial charge in [0.15, 0.2) is 17.3 Å². The Labute approximate surface area is 208 Å². The summed E-state index contributed by atoms with van der Waals surface area (Å²) in [5.74, 6) is -1.84. The van der Waals surface area contributed by atoms with Crippen molar-refractivity contribution in [2.24, 2.45) is 10.8 Å². The average molecular weight is 481 g/mol. The zero-order valence-electron chi connectivity index (χ0n) is 20.2. The molecule has 6 rings (SSSR count). The van der Waals surface area contributed by atoms with E-state index in [9.17, 15) is 18.8 Å². The lowest BCUT2D eigenvalue weighted by Crippen LogP contribution is -2.49. The van der Waals surface area contributed by atoms with E-state index in [-0.39, 0.29) is 17.3 Å². The maximum atomic E-state index is 14.4. The lowest BCUT2D eigenvalue weighted by molar-refractivity contribution is -0.127. The first-order chi connectivity index (χ1) is 17.2. The van der Waals surface area contributed by atoms with Crippen LogP contribution in [0.5, 0.6) is 0 Å². The van der Waals surface area contributed by atoms with Crippen molar-refractivity contribution in [3.05, 3.63) is 101 Å². The quantitative estimate of drug-likeness (QED) is 0.468. The molecule has 0 radical (unpaired) electrons. The Morgan fingerprint density at radius 2 is 1.69 bits per heavy atom. The normalized spacial score (nSPS) is 23.6. The Morgan fingerprint density at radius 3 is 2.31 bits per heavy atom. The molecule has 1 aliphatic carbocycles. The molecule has 3 heterocycles. The second kappa shape index (κ2) is 7.53. The van der Waals surface area contributed by atoms with Gasteiger partial charge < -0.3 is 4.90 Å². The SMILES string of the molecule is CC(C)(C)C(=O)[C@H]1[C@H](c2cccnc2)C2(C(=O)c3ccccc3C2=O)[C@@H]2C=Cc3cc(F)ccc3N21. The standard InChI is InChI=1S/C30H25FN2O3/c1-29(2,3)28(36)25-24(18-7-6-14-32-16-18)30(26(34)20-8-4-5-9-21(20)27(30)35)23-13-10-17-15-19(31)11-12-22(17)33(23)25/h4-16,23-25H,1-3H3/t23-,24-,25+/m0/s1. The van der Waals surface area contributed by atoms with Crippen molar-refractivity contribution in [2.75, 3.05) is 4.90 Å². The first-order valence-corrected chi connectivity index (χ1v) is 12.1. The molecule has 3 atom stereocenters. The second-order valence-corrected chi connectivity index (χ2v) is 10.8. The predicted octanol–water partition coefficient (Wildman–Crippen LogP) is 5.27. The summed E-state index contributed by atoms with van der Waals surface area (Å²) in [5.41, 5.74) is 0.323. The van der Waals surface area contributed by atoms with Crippen LogP contribution in [0.25, 0.3) is 6.08 Å². The minimum atomic E-state index is -1.55. The van der Waals surface area contributed by atoms with E-state index in [1.54, 1.807) is 60.9 Å². The summed E-state index contributed by atoms with van der Waals surface area (Å²) in [6, 6.07) is 13.3. The Hall–Kier alpha value is -3.93. The molecule has 2 aliphatic heterocycles. The van der Waals surface area contributed by atoms with E-state index in [1.807, 2.05) is 31.7 Å². The molecule has 3 aliphatic rings. The van der Waals surface area contributed by atoms with Crippen LogP contribution in [0.3, 0.4) is 0 Å². The zero-order valence-corrected chi connectivity index (χ0v) is 20.2. The van der Waals surface area contributed by atoms with Gasteiger partial charge in [0.2, 0.25) is 0 Å². The van der Waals surface area contributed by atoms with Gasteiger partial charge in [-0.05, 0) is 29.8 Å². The summed E-state index contributed by atoms with van der Waals surface area (Å²) < 4.78 is 14.2. The van der Waals surface area contributed by atoms with Crippen LogP contribution in [0.2, 0.25) is 0 Å². The number of hydrogen-bond donors (Lipinski definition) is 0. The van der Waals surface area contributed by atoms with Crippen LogP contribution in [0, 0.1) is 16.6 Å². The first kappa shape index (κ1) is 22.5. The van der Waals surface area contributed by atoms with E-state index in [4.69, 9.17) is 0 Å². The van der Waals surface area contributed by atoms with E-state index < -0.39 is 34.6 Å². The molecular weight excluding hydrogens is 455 g/mol. The van der Waals surface area contributed by atoms with Crippen molar-refractivity contribution in [1.29, 1.82) is 0 Å². The summed E-state index contributed by atoms with van der Waals surface area (Å²) in [6.07, 6.45) is 6.83. The summed E-state index contributed by atoms with van der Waals surface area (Å²) in [4.78, 5) is 49.2. The molecule has 0 amide bonds. The maximum absolute atomic E-state index is 14.4. The van der Waals surface area contributed by atoms with Crippen LogP contribution in [0.1, 0.15) is 58.5 Å². The van der Waals surface area contributed by atoms with Gasteiger partial charge in [0.05, 0.1) is 12.1 Å². The molecule has 0 saturated carbocycles. The number of anilines is 1. The topological polar surface area (TPSA) is 67.3 Å². The fourth-order valence-corrected chi connectivity index (χ4v) is 6.32. The van der Waals surface area contributed by atoms with Crippen LogP contribution in [-0.4, -0.2) is 34.4 Å². The molecule has 5 nitrogen and oxygen atoms in total. The van der Waals surface area contributed by atoms with Gasteiger partial charge in [-0.3, -0.25) is 19.4 Å². The van der Waals surface area contributed by atoms with E-state index >= 15 is 0 Å². The Balaban J connectivity index is 1.70. The summed E-state index contributed by atoms with van der Waals surface area (Å²) >= 11 is 0. The average Bonchev–Trinajstić information content (AvgIpc) is 3.29. The van der Waals surface area contributed by atoms with E-state index in [0.29, 0.717) is 27.9 Å². The smallest absolute Gasteiger partial charge is 0.180 e. The van der Waals surface area contributed by atoms with E-state index in [2.05, 4.69) is 4.98 Å². The van der Waals surface area contributed by atoms with Crippen molar-refractivity contribution in [3.63, 3.8) is 0 Å². The number of aromatic nitrogens is 1. The zero-order chi connectivity index (χ0) is 25.4. The molecule has 6 heteroatoms. The van der Waals surface area contributed by atoms with Gasteiger partial charge in [0.25, 0.3) is 0 Å². The van der Waals surface area contributed by atoms with Gasteiger partial charge in [-0.1, -0.05) is 63.3 Å². The summed E-state index contributed by atoms with van der Waals surface area (Å²) in [7, 11) is 0. The highest BCUT2D eigenvalue weighted by atomic mass is 19.1. The number of benzene rings is 2. The second-order valence-electron chi connectivity index (χ2n) is 10.8. The van der Waals surface area contributed by atoms with Crippen molar-refractivity contribution in [3.8, 4) is 0 Å². The molecule has 0 unspecified atom stereocenters. The number of rotatable bonds is 2. The molecule has 0 bridgehead atoms. The molecule has 180 valence electrons. The predicted molar refractivity (Wildman–Crippen MR) is 134 cm³/mol. The molecule has 3 aromatic rings. The van der Waals surface area contributed by atoms with Gasteiger partial charge in [-0.25, -0.2) is 4.39 Å². The molecular formula is C30H25FN2O3. The molecule has 0 N–H and O–H groups in total. The monoisotopic (exact) mass is 480 g/mol. The van der Waals surface area contributed by atoms with Crippen LogP contribution in [0.15, 0.2) is 73.1 Å². The van der Waals surface area contributed by atoms with Gasteiger partial charge in [0.1, 0.15) is 11.2 Å². The van der Waals surface area contributed by atoms with Gasteiger partial charge in [-0.15, -0.1) is 0 Å². The van der Waals surface area contributed by atoms with Crippen LogP contribution in [-0.2, 0) is 4.79 Å². The third-order valence-corrected chi connectivity index (χ3v) is 7.82. The van der Waals surface area contributed by atoms with Crippen molar-refractivity contribution < 1.29 is 18.8 Å². The fourth-order valence-electron chi connectivity index (χ4n) is 6.32. The lowest BCUT2D eigenvalue weighted by atomic mass is 9.63. The van der Waals surface area contributed by atoms with E-state index in [0.717, 1.165) is 0 Å². The number of halogens is 1. The minimum absolute atomic E-state index is 0.0969. The highest BCUT2D eigenvalue weighted by molar-refractivity contribution is 6.32. The van der Waals surface area contributed by atoms with Crippen LogP contribution >= 0.6 is 0 Å². The van der Waals surface area contributed by atoms with E-state index in [1.165, 1.54) is 12.1 Å². The number of pyridine rings is 1. The van der Waals surface area contributed by atoms with Gasteiger partial charge >= 0.3 is 0 Å². The number of nitrogens with zero attached hydrogens (tertiary/aromatic N) is 2. The highest BCUT2D eigenvalue weighted by Gasteiger charge is 2.72. The molecule has 36 heavy (non-hydrogen) atoms. The van der Waals surface area contributed by atoms with Crippen molar-refractivity contribution in [2.45, 2.75) is 38.8 Å². The minimum Gasteiger partial charge on any atom is -0.352 e. The number of fused-ring (bicyclic) bond motifs is 5. The van der Waals surface area contributed by atoms with Gasteiger partial charge in [0, 0.05) is 46.1 Å². The maximum Gasteiger partial charge on any atom is 0.180 e. The number of carbonyl (C=O) groups excluding carboxylic acids is 3. The molecule has 1 fully saturated rings. The summed E-state index contributed by atoms with van der Waals surface area (Å²) in [6.45, 7) is 5.52. The third-order valence-electron chi connectivity index (χ3n) is 7.82. The highest BCUT2D eigenvalue weighted by Crippen LogP contribution is 2.61. The largest absolute Gasteiger partial charge is 0.352 e. The first-order valence-electron chi connectivity index (χ1n) is 12.1. The lowest BCUT2D eigenvalue weighted by Gasteiger charge is -2.38. The number of Topliss-reactive ketones (excluding diaryl/α,β-unsaturated/α-hetero) is 3. The molecule has 1 saturated heterocycles. The molecule has 2 aromatic carbocycles. The Kier molecular flexibility index (Phi) is 4.71. The number of hydrogen-bond acceptors (Lipinski definition) is 5. The molecule has 1 spiro atoms. The van der Waals surface area contributed by atoms with Crippen LogP contribution < -0.4 is 4.90 Å². The van der Waals surface area contributed by atoms with Gasteiger partial charge in [-0.2, -0.15) is 0 Å². The van der Waals surface area contributed by atoms with Crippen molar-refractivity contribution in [1.82, 2.24) is 4.98 Å². The Bertz CT molecular complexity index is 1440. The summed E-state index contributed by atoms with van der Waals surface area (Å²) in [5, 5.41) is 0. The number of carbonyl (C=O) groups is 3. The number of ketones is 3.